The summed E-state index contributed by atoms with van der Waals surface area (Å²) in [6.07, 6.45) is 0. The summed E-state index contributed by atoms with van der Waals surface area (Å²) in [7, 11) is 0. The van der Waals surface area contributed by atoms with Gasteiger partial charge < -0.3 is 14.8 Å². The number of furan rings is 1. The minimum Gasteiger partial charge on any atom is -0.508 e. The maximum Gasteiger partial charge on any atom is 0.255 e. The molecule has 0 unspecified atom stereocenters. The highest BCUT2D eigenvalue weighted by molar-refractivity contribution is 6.07. The van der Waals surface area contributed by atoms with Gasteiger partial charge in [-0.3, -0.25) is 4.79 Å². The molecule has 1 heterocycles. The van der Waals surface area contributed by atoms with E-state index in [1.165, 1.54) is 6.07 Å². The minimum atomic E-state index is -0.151. The largest absolute Gasteiger partial charge is 0.508 e. The molecule has 1 amide bonds. The van der Waals surface area contributed by atoms with Crippen molar-refractivity contribution in [3.63, 3.8) is 0 Å². The van der Waals surface area contributed by atoms with Crippen LogP contribution >= 0.6 is 0 Å². The van der Waals surface area contributed by atoms with Gasteiger partial charge in [0.2, 0.25) is 0 Å². The molecule has 0 atom stereocenters. The highest BCUT2D eigenvalue weighted by atomic mass is 16.3. The second kappa shape index (κ2) is 4.13. The number of phenols is 1. The first kappa shape index (κ1) is 11.5. The molecule has 2 rings (SSSR count). The van der Waals surface area contributed by atoms with Gasteiger partial charge in [0.25, 0.3) is 5.91 Å². The van der Waals surface area contributed by atoms with Crippen LogP contribution in [0.2, 0.25) is 0 Å². The quantitative estimate of drug-likeness (QED) is 0.838. The standard InChI is InChI=1S/C13H15NO3/c1-7(2)14-13(16)12-8(3)17-11-6-9(15)4-5-10(11)12/h4-7,15H,1-3H3,(H,14,16). The van der Waals surface area contributed by atoms with Crippen LogP contribution in [0.1, 0.15) is 30.0 Å². The molecule has 2 N–H and O–H groups in total. The fourth-order valence-corrected chi connectivity index (χ4v) is 1.82. The molecule has 4 nitrogen and oxygen atoms in total. The van der Waals surface area contributed by atoms with Gasteiger partial charge in [-0.15, -0.1) is 0 Å². The van der Waals surface area contributed by atoms with Crippen LogP contribution in [-0.2, 0) is 0 Å². The Hall–Kier alpha value is -1.97. The molecule has 2 aromatic rings. The van der Waals surface area contributed by atoms with Gasteiger partial charge in [0.1, 0.15) is 17.1 Å². The number of rotatable bonds is 2. The van der Waals surface area contributed by atoms with Crippen molar-refractivity contribution in [3.05, 3.63) is 29.5 Å². The Labute approximate surface area is 99.2 Å². The number of phenolic OH excluding ortho intramolecular Hbond substituents is 1. The van der Waals surface area contributed by atoms with Crippen LogP contribution in [-0.4, -0.2) is 17.1 Å². The van der Waals surface area contributed by atoms with Gasteiger partial charge in [-0.1, -0.05) is 0 Å². The smallest absolute Gasteiger partial charge is 0.255 e. The predicted molar refractivity (Wildman–Crippen MR) is 65.2 cm³/mol. The first-order valence-corrected chi connectivity index (χ1v) is 5.52. The molecule has 0 radical (unpaired) electrons. The van der Waals surface area contributed by atoms with Crippen LogP contribution in [0.5, 0.6) is 5.75 Å². The van der Waals surface area contributed by atoms with Gasteiger partial charge in [0.15, 0.2) is 0 Å². The molecule has 90 valence electrons. The van der Waals surface area contributed by atoms with Gasteiger partial charge in [-0.05, 0) is 32.9 Å². The van der Waals surface area contributed by atoms with Crippen molar-refractivity contribution in [1.29, 1.82) is 0 Å². The maximum atomic E-state index is 12.0. The molecule has 0 aliphatic carbocycles. The Bertz CT molecular complexity index is 569. The number of benzene rings is 1. The zero-order chi connectivity index (χ0) is 12.6. The van der Waals surface area contributed by atoms with Crippen LogP contribution in [0.4, 0.5) is 0 Å². The van der Waals surface area contributed by atoms with Crippen LogP contribution in [0.3, 0.4) is 0 Å². The fraction of sp³-hybridized carbons (Fsp3) is 0.308. The lowest BCUT2D eigenvalue weighted by Gasteiger charge is -2.07. The number of fused-ring (bicyclic) bond motifs is 1. The van der Waals surface area contributed by atoms with E-state index in [-0.39, 0.29) is 17.7 Å². The SMILES string of the molecule is Cc1oc2cc(O)ccc2c1C(=O)NC(C)C. The van der Waals surface area contributed by atoms with E-state index < -0.39 is 0 Å². The average molecular weight is 233 g/mol. The molecule has 0 saturated heterocycles. The highest BCUT2D eigenvalue weighted by Gasteiger charge is 2.18. The minimum absolute atomic E-state index is 0.0731. The van der Waals surface area contributed by atoms with Crippen molar-refractivity contribution < 1.29 is 14.3 Å². The van der Waals surface area contributed by atoms with Crippen molar-refractivity contribution in [2.45, 2.75) is 26.8 Å². The van der Waals surface area contributed by atoms with Crippen molar-refractivity contribution in [2.24, 2.45) is 0 Å². The van der Waals surface area contributed by atoms with E-state index in [9.17, 15) is 9.90 Å². The molecule has 1 aromatic heterocycles. The zero-order valence-corrected chi connectivity index (χ0v) is 10.1. The number of aromatic hydroxyl groups is 1. The third kappa shape index (κ3) is 2.11. The number of amides is 1. The molecule has 0 aliphatic heterocycles. The van der Waals surface area contributed by atoms with Gasteiger partial charge in [-0.2, -0.15) is 0 Å². The Kier molecular flexibility index (Phi) is 2.79. The lowest BCUT2D eigenvalue weighted by molar-refractivity contribution is 0.0943. The Balaban J connectivity index is 2.53. The number of hydrogen-bond acceptors (Lipinski definition) is 3. The molecular weight excluding hydrogens is 218 g/mol. The molecule has 1 aromatic carbocycles. The van der Waals surface area contributed by atoms with E-state index in [0.717, 1.165) is 5.39 Å². The summed E-state index contributed by atoms with van der Waals surface area (Å²) in [6.45, 7) is 5.55. The third-order valence-corrected chi connectivity index (χ3v) is 2.50. The van der Waals surface area contributed by atoms with E-state index in [4.69, 9.17) is 4.42 Å². The lowest BCUT2D eigenvalue weighted by Crippen LogP contribution is -2.30. The van der Waals surface area contributed by atoms with Crippen molar-refractivity contribution in [2.75, 3.05) is 0 Å². The normalized spacial score (nSPS) is 11.1. The Morgan fingerprint density at radius 1 is 1.41 bits per heavy atom. The summed E-state index contributed by atoms with van der Waals surface area (Å²) in [4.78, 5) is 12.0. The summed E-state index contributed by atoms with van der Waals surface area (Å²) in [5, 5.41) is 12.9. The van der Waals surface area contributed by atoms with Gasteiger partial charge in [0.05, 0.1) is 5.56 Å². The predicted octanol–water partition coefficient (Wildman–Crippen LogP) is 2.59. The maximum absolute atomic E-state index is 12.0. The van der Waals surface area contributed by atoms with Crippen LogP contribution in [0.25, 0.3) is 11.0 Å². The highest BCUT2D eigenvalue weighted by Crippen LogP contribution is 2.28. The molecule has 0 aliphatic rings. The first-order chi connectivity index (χ1) is 7.99. The van der Waals surface area contributed by atoms with Crippen molar-refractivity contribution >= 4 is 16.9 Å². The van der Waals surface area contributed by atoms with Gasteiger partial charge in [-0.25, -0.2) is 0 Å². The average Bonchev–Trinajstić information content (AvgIpc) is 2.51. The molecule has 0 spiro atoms. The molecular formula is C13H15NO3. The molecule has 4 heteroatoms. The van der Waals surface area contributed by atoms with Crippen LogP contribution in [0.15, 0.2) is 22.6 Å². The van der Waals surface area contributed by atoms with E-state index >= 15 is 0 Å². The molecule has 0 fully saturated rings. The van der Waals surface area contributed by atoms with E-state index in [0.29, 0.717) is 16.9 Å². The summed E-state index contributed by atoms with van der Waals surface area (Å²) >= 11 is 0. The Morgan fingerprint density at radius 3 is 2.76 bits per heavy atom. The van der Waals surface area contributed by atoms with E-state index in [1.807, 2.05) is 13.8 Å². The topological polar surface area (TPSA) is 62.5 Å². The van der Waals surface area contributed by atoms with E-state index in [2.05, 4.69) is 5.32 Å². The Morgan fingerprint density at radius 2 is 2.12 bits per heavy atom. The number of hydrogen-bond donors (Lipinski definition) is 2. The van der Waals surface area contributed by atoms with Crippen molar-refractivity contribution in [1.82, 2.24) is 5.32 Å². The van der Waals surface area contributed by atoms with E-state index in [1.54, 1.807) is 19.1 Å². The first-order valence-electron chi connectivity index (χ1n) is 5.52. The molecule has 0 saturated carbocycles. The number of carbonyl (C=O) groups excluding carboxylic acids is 1. The summed E-state index contributed by atoms with van der Waals surface area (Å²) in [6, 6.07) is 4.82. The van der Waals surface area contributed by atoms with Crippen LogP contribution < -0.4 is 5.32 Å². The monoisotopic (exact) mass is 233 g/mol. The van der Waals surface area contributed by atoms with Gasteiger partial charge in [0, 0.05) is 17.5 Å². The number of nitrogens with one attached hydrogen (secondary N) is 1. The third-order valence-electron chi connectivity index (χ3n) is 2.50. The summed E-state index contributed by atoms with van der Waals surface area (Å²) < 4.78 is 5.46. The zero-order valence-electron chi connectivity index (χ0n) is 10.1. The van der Waals surface area contributed by atoms with Gasteiger partial charge >= 0.3 is 0 Å². The molecule has 0 bridgehead atoms. The summed E-state index contributed by atoms with van der Waals surface area (Å²) in [5.74, 6) is 0.535. The number of carbonyl (C=O) groups is 1. The summed E-state index contributed by atoms with van der Waals surface area (Å²) in [5.41, 5.74) is 1.06. The number of aryl methyl sites for hydroxylation is 1. The fourth-order valence-electron chi connectivity index (χ4n) is 1.82. The second-order valence-corrected chi connectivity index (χ2v) is 4.34. The second-order valence-electron chi connectivity index (χ2n) is 4.34. The van der Waals surface area contributed by atoms with Crippen molar-refractivity contribution in [3.8, 4) is 5.75 Å². The lowest BCUT2D eigenvalue weighted by atomic mass is 10.1. The van der Waals surface area contributed by atoms with Crippen LogP contribution in [0, 0.1) is 6.92 Å². The molecule has 17 heavy (non-hydrogen) atoms.